The summed E-state index contributed by atoms with van der Waals surface area (Å²) in [7, 11) is -0.311. The van der Waals surface area contributed by atoms with Gasteiger partial charge in [0.25, 0.3) is 10.0 Å². The van der Waals surface area contributed by atoms with Crippen molar-refractivity contribution in [3.8, 4) is 11.4 Å². The SMILES string of the molecule is CCOC(=O)[C@@H]1C2CCC(CC2)[C@H]1Nc1nc(-c2cn(S(=O)(=O)c3ccc(C)cc3)c3ncc(F)cc23)nn2c(N(C)C)ccc12. The molecule has 0 aliphatic heterocycles. The van der Waals surface area contributed by atoms with E-state index in [2.05, 4.69) is 10.3 Å². The lowest BCUT2D eigenvalue weighted by atomic mass is 9.61. The Labute approximate surface area is 266 Å². The van der Waals surface area contributed by atoms with Crippen molar-refractivity contribution in [2.45, 2.75) is 50.5 Å². The maximum Gasteiger partial charge on any atom is 0.311 e. The number of rotatable bonds is 8. The van der Waals surface area contributed by atoms with E-state index >= 15 is 0 Å². The highest BCUT2D eigenvalue weighted by Gasteiger charge is 2.48. The Morgan fingerprint density at radius 1 is 1.09 bits per heavy atom. The third-order valence-corrected chi connectivity index (χ3v) is 11.1. The summed E-state index contributed by atoms with van der Waals surface area (Å²) in [6, 6.07) is 11.4. The van der Waals surface area contributed by atoms with Gasteiger partial charge in [-0.25, -0.2) is 31.3 Å². The van der Waals surface area contributed by atoms with Crippen LogP contribution in [0.15, 0.2) is 59.8 Å². The zero-order chi connectivity index (χ0) is 32.3. The Bertz CT molecular complexity index is 2070. The first-order chi connectivity index (χ1) is 22.1. The molecule has 2 atom stereocenters. The number of pyridine rings is 1. The second-order valence-electron chi connectivity index (χ2n) is 12.5. The van der Waals surface area contributed by atoms with Gasteiger partial charge < -0.3 is 15.0 Å². The maximum atomic E-state index is 14.7. The lowest BCUT2D eigenvalue weighted by Gasteiger charge is -2.47. The van der Waals surface area contributed by atoms with Gasteiger partial charge in [0.15, 0.2) is 17.3 Å². The molecule has 0 amide bonds. The number of anilines is 2. The molecule has 3 aliphatic carbocycles. The van der Waals surface area contributed by atoms with Gasteiger partial charge in [-0.15, -0.1) is 5.10 Å². The van der Waals surface area contributed by atoms with Gasteiger partial charge in [0.05, 0.1) is 23.6 Å². The Balaban J connectivity index is 1.41. The number of carbonyl (C=O) groups excluding carboxylic acids is 1. The van der Waals surface area contributed by atoms with Crippen LogP contribution in [0.3, 0.4) is 0 Å². The van der Waals surface area contributed by atoms with Crippen LogP contribution in [0.25, 0.3) is 27.9 Å². The first kappa shape index (κ1) is 30.2. The first-order valence-corrected chi connectivity index (χ1v) is 17.0. The molecule has 0 unspecified atom stereocenters. The van der Waals surface area contributed by atoms with E-state index in [-0.39, 0.29) is 51.5 Å². The number of ether oxygens (including phenoxy) is 1. The van der Waals surface area contributed by atoms with Crippen molar-refractivity contribution in [2.24, 2.45) is 17.8 Å². The lowest BCUT2D eigenvalue weighted by Crippen LogP contribution is -2.52. The van der Waals surface area contributed by atoms with Gasteiger partial charge in [-0.3, -0.25) is 4.79 Å². The molecule has 1 N–H and O–H groups in total. The van der Waals surface area contributed by atoms with Gasteiger partial charge in [-0.2, -0.15) is 0 Å². The predicted molar refractivity (Wildman–Crippen MR) is 173 cm³/mol. The fourth-order valence-corrected chi connectivity index (χ4v) is 8.50. The van der Waals surface area contributed by atoms with Crippen LogP contribution in [-0.2, 0) is 19.6 Å². The number of hydrogen-bond acceptors (Lipinski definition) is 9. The quantitative estimate of drug-likeness (QED) is 0.225. The van der Waals surface area contributed by atoms with Crippen LogP contribution in [0.5, 0.6) is 0 Å². The summed E-state index contributed by atoms with van der Waals surface area (Å²) in [5, 5.41) is 8.72. The standard InChI is InChI=1S/C33H36FN7O4S/c1-5-45-33(42)28-20-8-10-21(11-9-20)29(28)36-31-26-14-15-27(39(3)4)41(26)38-30(37-31)25-18-40(32-24(25)16-22(34)17-35-32)46(43,44)23-12-6-19(2)7-13-23/h6-7,12-18,20-21,28-29H,5,8-11H2,1-4H3,(H,36,37,38)/t20?,21?,28-,29-/m1/s1. The fraction of sp³-hybridized carbons (Fsp3) is 0.394. The highest BCUT2D eigenvalue weighted by molar-refractivity contribution is 7.90. The van der Waals surface area contributed by atoms with Crippen molar-refractivity contribution >= 4 is 44.2 Å². The molecular weight excluding hydrogens is 609 g/mol. The number of aromatic nitrogens is 5. The maximum absolute atomic E-state index is 14.7. The first-order valence-electron chi connectivity index (χ1n) is 15.6. The average Bonchev–Trinajstić information content (AvgIpc) is 3.64. The van der Waals surface area contributed by atoms with Crippen LogP contribution in [0.1, 0.15) is 38.2 Å². The number of nitrogens with one attached hydrogen (secondary N) is 1. The van der Waals surface area contributed by atoms with Crippen LogP contribution < -0.4 is 10.2 Å². The van der Waals surface area contributed by atoms with Gasteiger partial charge in [0.1, 0.15) is 17.2 Å². The average molecular weight is 646 g/mol. The Morgan fingerprint density at radius 3 is 2.50 bits per heavy atom. The molecule has 3 aliphatic rings. The number of benzene rings is 1. The summed E-state index contributed by atoms with van der Waals surface area (Å²) < 4.78 is 50.8. The van der Waals surface area contributed by atoms with Gasteiger partial charge >= 0.3 is 5.97 Å². The molecule has 2 bridgehead atoms. The molecule has 11 nitrogen and oxygen atoms in total. The van der Waals surface area contributed by atoms with Gasteiger partial charge in [-0.1, -0.05) is 17.7 Å². The van der Waals surface area contributed by atoms with Crippen molar-refractivity contribution in [1.82, 2.24) is 23.6 Å². The molecule has 5 aromatic rings. The molecule has 13 heteroatoms. The number of halogens is 1. The summed E-state index contributed by atoms with van der Waals surface area (Å²) in [5.74, 6) is 0.792. The van der Waals surface area contributed by atoms with E-state index in [9.17, 15) is 17.6 Å². The Hall–Kier alpha value is -4.52. The highest BCUT2D eigenvalue weighted by Crippen LogP contribution is 2.47. The van der Waals surface area contributed by atoms with E-state index in [0.29, 0.717) is 23.5 Å². The summed E-state index contributed by atoms with van der Waals surface area (Å²) in [5.41, 5.74) is 1.96. The normalized spacial score (nSPS) is 21.2. The topological polar surface area (TPSA) is 124 Å². The smallest absolute Gasteiger partial charge is 0.311 e. The van der Waals surface area contributed by atoms with Gasteiger partial charge in [0.2, 0.25) is 0 Å². The number of carbonyl (C=O) groups is 1. The van der Waals surface area contributed by atoms with E-state index in [1.165, 1.54) is 24.4 Å². The van der Waals surface area contributed by atoms with E-state index in [0.717, 1.165) is 47.2 Å². The van der Waals surface area contributed by atoms with E-state index < -0.39 is 15.8 Å². The third-order valence-electron chi connectivity index (χ3n) is 9.43. The third kappa shape index (κ3) is 4.97. The zero-order valence-corrected chi connectivity index (χ0v) is 27.0. The zero-order valence-electron chi connectivity index (χ0n) is 26.1. The molecule has 0 spiro atoms. The minimum Gasteiger partial charge on any atom is -0.466 e. The molecule has 240 valence electrons. The van der Waals surface area contributed by atoms with Crippen LogP contribution in [0.2, 0.25) is 0 Å². The predicted octanol–water partition coefficient (Wildman–Crippen LogP) is 5.28. The second kappa shape index (κ2) is 11.4. The number of aryl methyl sites for hydroxylation is 1. The van der Waals surface area contributed by atoms with Crippen molar-refractivity contribution in [3.63, 3.8) is 0 Å². The lowest BCUT2D eigenvalue weighted by molar-refractivity contribution is -0.154. The van der Waals surface area contributed by atoms with Crippen LogP contribution in [0, 0.1) is 30.5 Å². The van der Waals surface area contributed by atoms with Crippen LogP contribution in [-0.4, -0.2) is 64.7 Å². The van der Waals surface area contributed by atoms with Gasteiger partial charge in [0, 0.05) is 37.3 Å². The van der Waals surface area contributed by atoms with E-state index in [1.807, 2.05) is 45.0 Å². The number of nitrogens with zero attached hydrogens (tertiary/aromatic N) is 6. The molecule has 46 heavy (non-hydrogen) atoms. The van der Waals surface area contributed by atoms with Gasteiger partial charge in [-0.05, 0) is 81.7 Å². The summed E-state index contributed by atoms with van der Waals surface area (Å²) >= 11 is 0. The van der Waals surface area contributed by atoms with Crippen LogP contribution >= 0.6 is 0 Å². The Kier molecular flexibility index (Phi) is 7.46. The van der Waals surface area contributed by atoms with Crippen molar-refractivity contribution in [3.05, 3.63) is 66.2 Å². The van der Waals surface area contributed by atoms with Crippen molar-refractivity contribution < 1.29 is 22.3 Å². The highest BCUT2D eigenvalue weighted by atomic mass is 32.2. The minimum atomic E-state index is -4.10. The Morgan fingerprint density at radius 2 is 1.80 bits per heavy atom. The molecule has 0 radical (unpaired) electrons. The molecule has 8 rings (SSSR count). The van der Waals surface area contributed by atoms with Crippen molar-refractivity contribution in [2.75, 3.05) is 30.9 Å². The summed E-state index contributed by atoms with van der Waals surface area (Å²) in [6.07, 6.45) is 6.38. The largest absolute Gasteiger partial charge is 0.466 e. The molecule has 3 saturated carbocycles. The summed E-state index contributed by atoms with van der Waals surface area (Å²) in [4.78, 5) is 24.4. The van der Waals surface area contributed by atoms with Crippen molar-refractivity contribution in [1.29, 1.82) is 0 Å². The number of hydrogen-bond donors (Lipinski definition) is 1. The van der Waals surface area contributed by atoms with E-state index in [1.54, 1.807) is 16.6 Å². The monoisotopic (exact) mass is 645 g/mol. The minimum absolute atomic E-state index is 0.0579. The molecular formula is C33H36FN7O4S. The number of fused-ring (bicyclic) bond motifs is 5. The fourth-order valence-electron chi connectivity index (χ4n) is 7.17. The number of esters is 1. The van der Waals surface area contributed by atoms with Crippen LogP contribution in [0.4, 0.5) is 16.0 Å². The molecule has 0 saturated heterocycles. The molecule has 1 aromatic carbocycles. The second-order valence-corrected chi connectivity index (χ2v) is 14.3. The van der Waals surface area contributed by atoms with E-state index in [4.69, 9.17) is 14.8 Å². The molecule has 4 aromatic heterocycles. The molecule has 3 fully saturated rings. The molecule has 4 heterocycles. The summed E-state index contributed by atoms with van der Waals surface area (Å²) in [6.45, 7) is 4.00.